The first-order chi connectivity index (χ1) is 8.96. The molecule has 0 aliphatic heterocycles. The van der Waals surface area contributed by atoms with Crippen LogP contribution < -0.4 is 15.2 Å². The zero-order valence-electron chi connectivity index (χ0n) is 11.1. The third-order valence-electron chi connectivity index (χ3n) is 3.03. The first kappa shape index (κ1) is 15.8. The number of carboxylic acid groups (broad SMARTS) is 1. The van der Waals surface area contributed by atoms with Gasteiger partial charge in [0.15, 0.2) is 11.5 Å². The van der Waals surface area contributed by atoms with Gasteiger partial charge in [0.05, 0.1) is 24.6 Å². The fourth-order valence-corrected chi connectivity index (χ4v) is 2.57. The Morgan fingerprint density at radius 3 is 2.47 bits per heavy atom. The number of ether oxygens (including phenoxy) is 2. The Morgan fingerprint density at radius 1 is 1.42 bits per heavy atom. The number of carboxylic acids is 1. The predicted octanol–water partition coefficient (Wildman–Crippen LogP) is 2.58. The highest BCUT2D eigenvalue weighted by Crippen LogP contribution is 2.38. The van der Waals surface area contributed by atoms with Gasteiger partial charge in [0.2, 0.25) is 0 Å². The van der Waals surface area contributed by atoms with Crippen LogP contribution in [0.25, 0.3) is 0 Å². The normalized spacial score (nSPS) is 13.7. The third kappa shape index (κ3) is 3.39. The second-order valence-electron chi connectivity index (χ2n) is 4.12. The minimum absolute atomic E-state index is 0.461. The number of methoxy groups -OCH3 is 2. The van der Waals surface area contributed by atoms with E-state index in [2.05, 4.69) is 15.9 Å². The summed E-state index contributed by atoms with van der Waals surface area (Å²) in [7, 11) is 3.06. The van der Waals surface area contributed by atoms with Crippen LogP contribution in [0.1, 0.15) is 24.9 Å². The van der Waals surface area contributed by atoms with Crippen molar-refractivity contribution in [1.29, 1.82) is 0 Å². The Balaban J connectivity index is 3.21. The molecule has 2 unspecified atom stereocenters. The van der Waals surface area contributed by atoms with Gasteiger partial charge in [0, 0.05) is 6.04 Å². The summed E-state index contributed by atoms with van der Waals surface area (Å²) >= 11 is 3.37. The van der Waals surface area contributed by atoms with Crippen LogP contribution in [0.5, 0.6) is 11.5 Å². The first-order valence-corrected chi connectivity index (χ1v) is 6.65. The summed E-state index contributed by atoms with van der Waals surface area (Å²) < 4.78 is 11.1. The van der Waals surface area contributed by atoms with Crippen molar-refractivity contribution in [3.05, 3.63) is 22.2 Å². The smallest absolute Gasteiger partial charge is 0.308 e. The van der Waals surface area contributed by atoms with E-state index in [0.29, 0.717) is 28.0 Å². The van der Waals surface area contributed by atoms with Crippen molar-refractivity contribution in [2.75, 3.05) is 14.2 Å². The van der Waals surface area contributed by atoms with Gasteiger partial charge in [0.25, 0.3) is 0 Å². The molecule has 1 aromatic rings. The molecule has 1 aromatic carbocycles. The molecule has 2 atom stereocenters. The van der Waals surface area contributed by atoms with Gasteiger partial charge in [0.1, 0.15) is 0 Å². The summed E-state index contributed by atoms with van der Waals surface area (Å²) in [5.74, 6) is -0.463. The maximum Gasteiger partial charge on any atom is 0.308 e. The van der Waals surface area contributed by atoms with Gasteiger partial charge in [-0.15, -0.1) is 0 Å². The molecule has 0 radical (unpaired) electrons. The molecule has 3 N–H and O–H groups in total. The van der Waals surface area contributed by atoms with E-state index in [1.54, 1.807) is 19.1 Å². The monoisotopic (exact) mass is 331 g/mol. The molecule has 6 heteroatoms. The number of benzene rings is 1. The molecule has 0 saturated carbocycles. The molecule has 1 rings (SSSR count). The average Bonchev–Trinajstić information content (AvgIpc) is 2.37. The Labute approximate surface area is 120 Å². The first-order valence-electron chi connectivity index (χ1n) is 5.86. The molecule has 0 aromatic heterocycles. The van der Waals surface area contributed by atoms with E-state index in [4.69, 9.17) is 20.3 Å². The van der Waals surface area contributed by atoms with E-state index < -0.39 is 17.9 Å². The maximum absolute atomic E-state index is 11.2. The largest absolute Gasteiger partial charge is 0.493 e. The Morgan fingerprint density at radius 2 is 2.05 bits per heavy atom. The fourth-order valence-electron chi connectivity index (χ4n) is 1.94. The number of hydrogen-bond acceptors (Lipinski definition) is 4. The Bertz CT molecular complexity index is 464. The second kappa shape index (κ2) is 6.77. The maximum atomic E-state index is 11.2. The van der Waals surface area contributed by atoms with Gasteiger partial charge < -0.3 is 20.3 Å². The molecule has 0 spiro atoms. The molecule has 0 saturated heterocycles. The fraction of sp³-hybridized carbons (Fsp3) is 0.462. The van der Waals surface area contributed by atoms with Crippen LogP contribution in [-0.4, -0.2) is 25.3 Å². The van der Waals surface area contributed by atoms with E-state index >= 15 is 0 Å². The molecule has 0 bridgehead atoms. The number of nitrogens with two attached hydrogens (primary N) is 1. The van der Waals surface area contributed by atoms with Gasteiger partial charge in [-0.1, -0.05) is 6.92 Å². The lowest BCUT2D eigenvalue weighted by molar-refractivity contribution is -0.142. The highest BCUT2D eigenvalue weighted by atomic mass is 79.9. The minimum Gasteiger partial charge on any atom is -0.493 e. The summed E-state index contributed by atoms with van der Waals surface area (Å²) in [6, 6.07) is 2.87. The summed E-state index contributed by atoms with van der Waals surface area (Å²) in [5.41, 5.74) is 6.73. The molecule has 0 aliphatic carbocycles. The molecule has 19 heavy (non-hydrogen) atoms. The quantitative estimate of drug-likeness (QED) is 0.837. The van der Waals surface area contributed by atoms with E-state index in [9.17, 15) is 4.79 Å². The molecule has 0 fully saturated rings. The molecule has 0 heterocycles. The minimum atomic E-state index is -0.902. The SMILES string of the molecule is CCC(C(=O)O)C(N)c1cc(Br)c(OC)c(OC)c1. The van der Waals surface area contributed by atoms with Gasteiger partial charge in [-0.2, -0.15) is 0 Å². The molecule has 5 nitrogen and oxygen atoms in total. The van der Waals surface area contributed by atoms with E-state index in [1.807, 2.05) is 0 Å². The van der Waals surface area contributed by atoms with Crippen molar-refractivity contribution < 1.29 is 19.4 Å². The summed E-state index contributed by atoms with van der Waals surface area (Å²) in [4.78, 5) is 11.2. The summed E-state index contributed by atoms with van der Waals surface area (Å²) in [5, 5.41) is 9.15. The van der Waals surface area contributed by atoms with Crippen molar-refractivity contribution in [1.82, 2.24) is 0 Å². The second-order valence-corrected chi connectivity index (χ2v) is 4.97. The van der Waals surface area contributed by atoms with Crippen molar-refractivity contribution >= 4 is 21.9 Å². The molecule has 0 aliphatic rings. The lowest BCUT2D eigenvalue weighted by Crippen LogP contribution is -2.27. The van der Waals surface area contributed by atoms with Crippen molar-refractivity contribution in [3.63, 3.8) is 0 Å². The van der Waals surface area contributed by atoms with E-state index in [1.165, 1.54) is 14.2 Å². The van der Waals surface area contributed by atoms with Crippen LogP contribution >= 0.6 is 15.9 Å². The van der Waals surface area contributed by atoms with Gasteiger partial charge >= 0.3 is 5.97 Å². The molecular weight excluding hydrogens is 314 g/mol. The zero-order valence-corrected chi connectivity index (χ0v) is 12.7. The number of halogens is 1. The van der Waals surface area contributed by atoms with Gasteiger partial charge in [-0.25, -0.2) is 0 Å². The predicted molar refractivity (Wildman–Crippen MR) is 75.6 cm³/mol. The van der Waals surface area contributed by atoms with Gasteiger partial charge in [-0.05, 0) is 40.0 Å². The van der Waals surface area contributed by atoms with Crippen LogP contribution in [0.15, 0.2) is 16.6 Å². The highest BCUT2D eigenvalue weighted by molar-refractivity contribution is 9.10. The van der Waals surface area contributed by atoms with Crippen molar-refractivity contribution in [2.24, 2.45) is 11.7 Å². The van der Waals surface area contributed by atoms with E-state index in [0.717, 1.165) is 0 Å². The number of carbonyl (C=O) groups is 1. The zero-order chi connectivity index (χ0) is 14.6. The molecule has 106 valence electrons. The van der Waals surface area contributed by atoms with Crippen molar-refractivity contribution in [2.45, 2.75) is 19.4 Å². The van der Waals surface area contributed by atoms with Crippen LogP contribution in [0.4, 0.5) is 0 Å². The van der Waals surface area contributed by atoms with Crippen LogP contribution in [0, 0.1) is 5.92 Å². The van der Waals surface area contributed by atoms with E-state index in [-0.39, 0.29) is 0 Å². The van der Waals surface area contributed by atoms with Crippen LogP contribution in [-0.2, 0) is 4.79 Å². The Hall–Kier alpha value is -1.27. The van der Waals surface area contributed by atoms with Crippen LogP contribution in [0.2, 0.25) is 0 Å². The number of rotatable bonds is 6. The Kier molecular flexibility index (Phi) is 5.62. The topological polar surface area (TPSA) is 81.8 Å². The molecule has 0 amide bonds. The number of hydrogen-bond donors (Lipinski definition) is 2. The van der Waals surface area contributed by atoms with Gasteiger partial charge in [-0.3, -0.25) is 4.79 Å². The lowest BCUT2D eigenvalue weighted by atomic mass is 9.91. The number of aliphatic carboxylic acids is 1. The third-order valence-corrected chi connectivity index (χ3v) is 3.62. The van der Waals surface area contributed by atoms with Crippen LogP contribution in [0.3, 0.4) is 0 Å². The lowest BCUT2D eigenvalue weighted by Gasteiger charge is -2.21. The molecular formula is C13H18BrNO4. The summed E-state index contributed by atoms with van der Waals surface area (Å²) in [6.45, 7) is 1.80. The summed E-state index contributed by atoms with van der Waals surface area (Å²) in [6.07, 6.45) is 0.461. The van der Waals surface area contributed by atoms with Crippen molar-refractivity contribution in [3.8, 4) is 11.5 Å². The highest BCUT2D eigenvalue weighted by Gasteiger charge is 2.26. The standard InChI is InChI=1S/C13H18BrNO4/c1-4-8(13(16)17)11(15)7-5-9(14)12(19-3)10(6-7)18-2/h5-6,8,11H,4,15H2,1-3H3,(H,16,17). The average molecular weight is 332 g/mol.